The predicted octanol–water partition coefficient (Wildman–Crippen LogP) is 0.508. The summed E-state index contributed by atoms with van der Waals surface area (Å²) in [4.78, 5) is 11.3. The molecule has 1 unspecified atom stereocenters. The van der Waals surface area contributed by atoms with Crippen molar-refractivity contribution in [1.29, 1.82) is 0 Å². The molecule has 3 N–H and O–H groups in total. The van der Waals surface area contributed by atoms with E-state index in [2.05, 4.69) is 10.6 Å². The fourth-order valence-electron chi connectivity index (χ4n) is 0.999. The van der Waals surface area contributed by atoms with Gasteiger partial charge >= 0.3 is 0 Å². The van der Waals surface area contributed by atoms with Gasteiger partial charge in [0.05, 0.1) is 6.10 Å². The first-order valence-corrected chi connectivity index (χ1v) is 5.45. The molecule has 90 valence electrons. The van der Waals surface area contributed by atoms with Gasteiger partial charge in [0.25, 0.3) is 0 Å². The predicted molar refractivity (Wildman–Crippen MR) is 61.6 cm³/mol. The second kappa shape index (κ2) is 6.08. The van der Waals surface area contributed by atoms with Gasteiger partial charge in [-0.3, -0.25) is 4.79 Å². The number of aliphatic hydroxyl groups excluding tert-OH is 1. The molecule has 0 rings (SSSR count). The van der Waals surface area contributed by atoms with Crippen LogP contribution in [0.1, 0.15) is 34.6 Å². The number of β-amino-alcohol motifs (C(OH)–C–C–N with tert-alkyl or cyclic N) is 1. The molecular weight excluding hydrogens is 192 g/mol. The molecule has 4 heteroatoms. The third-order valence-corrected chi connectivity index (χ3v) is 2.10. The van der Waals surface area contributed by atoms with Gasteiger partial charge in [-0.1, -0.05) is 13.8 Å². The minimum absolute atomic E-state index is 0.0116. The summed E-state index contributed by atoms with van der Waals surface area (Å²) in [5, 5.41) is 15.2. The van der Waals surface area contributed by atoms with Gasteiger partial charge < -0.3 is 15.7 Å². The summed E-state index contributed by atoms with van der Waals surface area (Å²) in [6, 6.07) is 0. The first kappa shape index (κ1) is 14.4. The van der Waals surface area contributed by atoms with Crippen molar-refractivity contribution in [3.63, 3.8) is 0 Å². The number of rotatable bonds is 6. The molecule has 0 bridgehead atoms. The Morgan fingerprint density at radius 3 is 2.27 bits per heavy atom. The molecule has 0 aliphatic rings. The van der Waals surface area contributed by atoms with Crippen LogP contribution in [0.25, 0.3) is 0 Å². The molecule has 1 amide bonds. The van der Waals surface area contributed by atoms with Gasteiger partial charge in [0.15, 0.2) is 0 Å². The lowest BCUT2D eigenvalue weighted by molar-refractivity contribution is -0.124. The lowest BCUT2D eigenvalue weighted by Gasteiger charge is -2.27. The average molecular weight is 216 g/mol. The Balaban J connectivity index is 3.88. The van der Waals surface area contributed by atoms with Crippen molar-refractivity contribution in [3.8, 4) is 0 Å². The molecule has 4 nitrogen and oxygen atoms in total. The molecule has 0 aromatic carbocycles. The van der Waals surface area contributed by atoms with Gasteiger partial charge in [-0.15, -0.1) is 0 Å². The first-order valence-electron chi connectivity index (χ1n) is 5.45. The number of hydrogen-bond donors (Lipinski definition) is 3. The van der Waals surface area contributed by atoms with Crippen LogP contribution in [0.5, 0.6) is 0 Å². The Morgan fingerprint density at radius 2 is 1.87 bits per heavy atom. The summed E-state index contributed by atoms with van der Waals surface area (Å²) in [5.74, 6) is 0.0690. The van der Waals surface area contributed by atoms with Gasteiger partial charge in [0, 0.05) is 24.5 Å². The van der Waals surface area contributed by atoms with E-state index in [1.54, 1.807) is 6.92 Å². The molecule has 1 atom stereocenters. The van der Waals surface area contributed by atoms with Crippen molar-refractivity contribution in [3.05, 3.63) is 0 Å². The fraction of sp³-hybridized carbons (Fsp3) is 0.909. The lowest BCUT2D eigenvalue weighted by Crippen LogP contribution is -2.51. The highest BCUT2D eigenvalue weighted by molar-refractivity contribution is 5.77. The maximum absolute atomic E-state index is 11.3. The molecule has 0 aliphatic carbocycles. The first-order chi connectivity index (χ1) is 6.74. The van der Waals surface area contributed by atoms with E-state index in [4.69, 9.17) is 5.11 Å². The van der Waals surface area contributed by atoms with Crippen molar-refractivity contribution in [2.75, 3.05) is 13.1 Å². The number of hydrogen-bond acceptors (Lipinski definition) is 3. The van der Waals surface area contributed by atoms with Gasteiger partial charge in [-0.2, -0.15) is 0 Å². The van der Waals surface area contributed by atoms with Crippen LogP contribution in [-0.4, -0.2) is 35.7 Å². The zero-order valence-corrected chi connectivity index (χ0v) is 10.4. The number of nitrogens with one attached hydrogen (secondary N) is 2. The zero-order chi connectivity index (χ0) is 12.1. The van der Waals surface area contributed by atoms with E-state index in [1.165, 1.54) is 0 Å². The largest absolute Gasteiger partial charge is 0.392 e. The summed E-state index contributed by atoms with van der Waals surface area (Å²) in [6.45, 7) is 10.6. The molecule has 0 aromatic rings. The second-order valence-electron chi connectivity index (χ2n) is 4.99. The van der Waals surface area contributed by atoms with Crippen LogP contribution < -0.4 is 10.6 Å². The average Bonchev–Trinajstić information content (AvgIpc) is 2.11. The monoisotopic (exact) mass is 216 g/mol. The Hall–Kier alpha value is -0.610. The molecule has 0 saturated heterocycles. The van der Waals surface area contributed by atoms with Crippen LogP contribution in [0.2, 0.25) is 0 Å². The van der Waals surface area contributed by atoms with E-state index in [-0.39, 0.29) is 23.5 Å². The Bertz CT molecular complexity index is 201. The third-order valence-electron chi connectivity index (χ3n) is 2.10. The number of amides is 1. The van der Waals surface area contributed by atoms with Crippen molar-refractivity contribution >= 4 is 5.91 Å². The summed E-state index contributed by atoms with van der Waals surface area (Å²) >= 11 is 0. The topological polar surface area (TPSA) is 61.4 Å². The molecule has 0 saturated carbocycles. The Kier molecular flexibility index (Phi) is 5.83. The van der Waals surface area contributed by atoms with E-state index in [1.807, 2.05) is 27.7 Å². The maximum Gasteiger partial charge on any atom is 0.222 e. The number of carbonyl (C=O) groups is 1. The van der Waals surface area contributed by atoms with Gasteiger partial charge in [-0.05, 0) is 20.8 Å². The van der Waals surface area contributed by atoms with Crippen LogP contribution in [-0.2, 0) is 4.79 Å². The van der Waals surface area contributed by atoms with Crippen LogP contribution in [0.4, 0.5) is 0 Å². The van der Waals surface area contributed by atoms with Crippen LogP contribution in [0.3, 0.4) is 0 Å². The molecule has 15 heavy (non-hydrogen) atoms. The fourth-order valence-corrected chi connectivity index (χ4v) is 0.999. The number of carbonyl (C=O) groups excluding carboxylic acids is 1. The van der Waals surface area contributed by atoms with Crippen LogP contribution in [0, 0.1) is 5.92 Å². The summed E-state index contributed by atoms with van der Waals surface area (Å²) in [6.07, 6.45) is -0.370. The quantitative estimate of drug-likeness (QED) is 0.606. The van der Waals surface area contributed by atoms with E-state index in [0.29, 0.717) is 13.1 Å². The summed E-state index contributed by atoms with van der Waals surface area (Å²) in [7, 11) is 0. The maximum atomic E-state index is 11.3. The van der Waals surface area contributed by atoms with E-state index >= 15 is 0 Å². The molecule has 0 heterocycles. The van der Waals surface area contributed by atoms with Crippen LogP contribution >= 0.6 is 0 Å². The highest BCUT2D eigenvalue weighted by Crippen LogP contribution is 2.01. The van der Waals surface area contributed by atoms with E-state index in [0.717, 1.165) is 0 Å². The van der Waals surface area contributed by atoms with Gasteiger partial charge in [0.2, 0.25) is 5.91 Å². The highest BCUT2D eigenvalue weighted by atomic mass is 16.3. The van der Waals surface area contributed by atoms with Crippen molar-refractivity contribution in [1.82, 2.24) is 10.6 Å². The SMILES string of the molecule is CC(O)CNC(C)(C)CNC(=O)C(C)C. The molecule has 0 fully saturated rings. The standard InChI is InChI=1S/C11H24N2O2/c1-8(2)10(15)12-7-11(4,5)13-6-9(3)14/h8-9,13-14H,6-7H2,1-5H3,(H,12,15). The summed E-state index contributed by atoms with van der Waals surface area (Å²) in [5.41, 5.74) is -0.193. The van der Waals surface area contributed by atoms with Gasteiger partial charge in [0.1, 0.15) is 0 Å². The molecular formula is C11H24N2O2. The highest BCUT2D eigenvalue weighted by Gasteiger charge is 2.19. The Labute approximate surface area is 92.4 Å². The van der Waals surface area contributed by atoms with Crippen molar-refractivity contribution in [2.45, 2.75) is 46.3 Å². The van der Waals surface area contributed by atoms with Crippen molar-refractivity contribution in [2.24, 2.45) is 5.92 Å². The van der Waals surface area contributed by atoms with Crippen molar-refractivity contribution < 1.29 is 9.90 Å². The normalized spacial score (nSPS) is 14.1. The molecule has 0 spiro atoms. The van der Waals surface area contributed by atoms with Gasteiger partial charge in [-0.25, -0.2) is 0 Å². The lowest BCUT2D eigenvalue weighted by atomic mass is 10.0. The van der Waals surface area contributed by atoms with E-state index < -0.39 is 0 Å². The molecule has 0 radical (unpaired) electrons. The Morgan fingerprint density at radius 1 is 1.33 bits per heavy atom. The molecule has 0 aliphatic heterocycles. The van der Waals surface area contributed by atoms with Crippen LogP contribution in [0.15, 0.2) is 0 Å². The second-order valence-corrected chi connectivity index (χ2v) is 4.99. The zero-order valence-electron chi connectivity index (χ0n) is 10.4. The minimum Gasteiger partial charge on any atom is -0.392 e. The number of aliphatic hydroxyl groups is 1. The van der Waals surface area contributed by atoms with E-state index in [9.17, 15) is 4.79 Å². The third kappa shape index (κ3) is 7.33. The molecule has 0 aromatic heterocycles. The smallest absolute Gasteiger partial charge is 0.222 e. The summed E-state index contributed by atoms with van der Waals surface area (Å²) < 4.78 is 0. The minimum atomic E-state index is -0.370.